The molecule has 0 aliphatic carbocycles. The summed E-state index contributed by atoms with van der Waals surface area (Å²) in [7, 11) is -2.56. The predicted molar refractivity (Wildman–Crippen MR) is 181 cm³/mol. The van der Waals surface area contributed by atoms with Crippen molar-refractivity contribution in [3.8, 4) is 0 Å². The molecule has 4 rings (SSSR count). The summed E-state index contributed by atoms with van der Waals surface area (Å²) in [6, 6.07) is 41.2. The van der Waals surface area contributed by atoms with Crippen molar-refractivity contribution in [1.82, 2.24) is 10.6 Å². The van der Waals surface area contributed by atoms with Crippen LogP contribution in [0.3, 0.4) is 0 Å². The fourth-order valence-corrected chi connectivity index (χ4v) is 10.3. The van der Waals surface area contributed by atoms with Crippen LogP contribution in [-0.4, -0.2) is 36.2 Å². The second kappa shape index (κ2) is 15.6. The minimum absolute atomic E-state index is 0.132. The number of rotatable bonds is 14. The Bertz CT molecular complexity index is 1310. The van der Waals surface area contributed by atoms with E-state index < -0.39 is 18.9 Å². The average molecular weight is 597 g/mol. The molecule has 0 unspecified atom stereocenters. The average Bonchev–Trinajstić information content (AvgIpc) is 3.02. The number of benzene rings is 4. The van der Waals surface area contributed by atoms with Crippen molar-refractivity contribution in [2.75, 3.05) is 12.7 Å². The van der Waals surface area contributed by atoms with E-state index in [2.05, 4.69) is 95.6 Å². The zero-order valence-corrected chi connectivity index (χ0v) is 26.6. The van der Waals surface area contributed by atoms with Crippen molar-refractivity contribution in [2.45, 2.75) is 58.2 Å². The molecule has 43 heavy (non-hydrogen) atoms. The number of esters is 1. The molecular weight excluding hydrogens is 551 g/mol. The van der Waals surface area contributed by atoms with Crippen LogP contribution in [0.5, 0.6) is 0 Å². The Morgan fingerprint density at radius 1 is 0.721 bits per heavy atom. The molecule has 1 atom stereocenters. The van der Waals surface area contributed by atoms with E-state index in [1.807, 2.05) is 57.2 Å². The van der Waals surface area contributed by atoms with E-state index in [4.69, 9.17) is 4.74 Å². The summed E-state index contributed by atoms with van der Waals surface area (Å²) >= 11 is 0. The minimum atomic E-state index is -2.56. The molecule has 5 nitrogen and oxygen atoms in total. The van der Waals surface area contributed by atoms with E-state index in [0.717, 1.165) is 19.5 Å². The van der Waals surface area contributed by atoms with Gasteiger partial charge in [-0.2, -0.15) is 0 Å². The molecule has 0 bridgehead atoms. The number of amides is 1. The van der Waals surface area contributed by atoms with Crippen LogP contribution < -0.4 is 26.5 Å². The third-order valence-corrected chi connectivity index (χ3v) is 12.5. The fourth-order valence-electron chi connectivity index (χ4n) is 5.55. The zero-order chi connectivity index (χ0) is 30.5. The van der Waals surface area contributed by atoms with Crippen LogP contribution in [0.15, 0.2) is 121 Å². The third-order valence-electron chi connectivity index (χ3n) is 7.57. The molecule has 4 aromatic carbocycles. The van der Waals surface area contributed by atoms with Gasteiger partial charge in [0.25, 0.3) is 0 Å². The Hall–Kier alpha value is -3.79. The van der Waals surface area contributed by atoms with Gasteiger partial charge in [-0.1, -0.05) is 18.2 Å². The van der Waals surface area contributed by atoms with Gasteiger partial charge < -0.3 is 0 Å². The van der Waals surface area contributed by atoms with Crippen molar-refractivity contribution in [1.29, 1.82) is 0 Å². The molecule has 4 aromatic rings. The molecule has 0 saturated carbocycles. The Morgan fingerprint density at radius 2 is 1.19 bits per heavy atom. The van der Waals surface area contributed by atoms with E-state index in [9.17, 15) is 9.59 Å². The maximum absolute atomic E-state index is 13.6. The first-order chi connectivity index (χ1) is 20.8. The van der Waals surface area contributed by atoms with Crippen LogP contribution in [0.1, 0.15) is 45.6 Å². The molecule has 0 saturated heterocycles. The quantitative estimate of drug-likeness (QED) is 0.115. The SMILES string of the molecule is CC(C)(C)OC(=O)[C@H](CCCNCc1ccccc1)NC(=O)CC[PH](c1ccccc1)(c1ccccc1)c1ccccc1. The number of ether oxygens (including phenoxy) is 1. The van der Waals surface area contributed by atoms with Gasteiger partial charge in [0.15, 0.2) is 0 Å². The number of carbonyl (C=O) groups is 2. The Morgan fingerprint density at radius 3 is 1.65 bits per heavy atom. The van der Waals surface area contributed by atoms with Crippen molar-refractivity contribution < 1.29 is 14.3 Å². The van der Waals surface area contributed by atoms with Crippen LogP contribution in [0, 0.1) is 0 Å². The van der Waals surface area contributed by atoms with Crippen LogP contribution >= 0.6 is 7.26 Å². The summed E-state index contributed by atoms with van der Waals surface area (Å²) in [5, 5.41) is 10.3. The molecule has 0 radical (unpaired) electrons. The summed E-state index contributed by atoms with van der Waals surface area (Å²) in [5.41, 5.74) is 0.573. The number of nitrogens with one attached hydrogen (secondary N) is 2. The van der Waals surface area contributed by atoms with Crippen molar-refractivity contribution >= 4 is 35.1 Å². The summed E-state index contributed by atoms with van der Waals surface area (Å²) in [5.74, 6) is -0.519. The van der Waals surface area contributed by atoms with Gasteiger partial charge in [0.1, 0.15) is 0 Å². The van der Waals surface area contributed by atoms with Gasteiger partial charge in [-0.15, -0.1) is 0 Å². The summed E-state index contributed by atoms with van der Waals surface area (Å²) in [4.78, 5) is 26.8. The molecule has 0 aromatic heterocycles. The monoisotopic (exact) mass is 596 g/mol. The van der Waals surface area contributed by atoms with Crippen LogP contribution in [0.25, 0.3) is 0 Å². The van der Waals surface area contributed by atoms with Gasteiger partial charge in [0, 0.05) is 0 Å². The second-order valence-corrected chi connectivity index (χ2v) is 16.0. The van der Waals surface area contributed by atoms with Gasteiger partial charge in [-0.3, -0.25) is 0 Å². The van der Waals surface area contributed by atoms with Crippen LogP contribution in [-0.2, 0) is 20.9 Å². The third kappa shape index (κ3) is 9.35. The van der Waals surface area contributed by atoms with Gasteiger partial charge in [0.05, 0.1) is 0 Å². The molecule has 2 N–H and O–H groups in total. The molecule has 6 heteroatoms. The van der Waals surface area contributed by atoms with Crippen molar-refractivity contribution in [3.63, 3.8) is 0 Å². The van der Waals surface area contributed by atoms with Gasteiger partial charge in [-0.05, 0) is 0 Å². The van der Waals surface area contributed by atoms with Crippen molar-refractivity contribution in [2.24, 2.45) is 0 Å². The molecule has 0 spiro atoms. The molecule has 1 amide bonds. The van der Waals surface area contributed by atoms with E-state index in [1.54, 1.807) is 0 Å². The first-order valence-corrected chi connectivity index (χ1v) is 17.4. The molecule has 0 aliphatic rings. The number of hydrogen-bond donors (Lipinski definition) is 2. The maximum atomic E-state index is 13.6. The molecule has 0 fully saturated rings. The second-order valence-electron chi connectivity index (χ2n) is 12.0. The molecule has 0 heterocycles. The predicted octanol–water partition coefficient (Wildman–Crippen LogP) is 5.50. The molecule has 226 valence electrons. The number of hydrogen-bond acceptors (Lipinski definition) is 4. The van der Waals surface area contributed by atoms with E-state index in [-0.39, 0.29) is 11.9 Å². The number of carbonyl (C=O) groups excluding carboxylic acids is 2. The Kier molecular flexibility index (Phi) is 11.7. The van der Waals surface area contributed by atoms with E-state index >= 15 is 0 Å². The Balaban J connectivity index is 1.50. The van der Waals surface area contributed by atoms with E-state index in [0.29, 0.717) is 19.0 Å². The summed E-state index contributed by atoms with van der Waals surface area (Å²) in [6.45, 7) is 7.05. The fraction of sp³-hybridized carbons (Fsp3) is 0.297. The van der Waals surface area contributed by atoms with Gasteiger partial charge >= 0.3 is 240 Å². The van der Waals surface area contributed by atoms with Gasteiger partial charge in [0.2, 0.25) is 0 Å². The molecule has 0 aliphatic heterocycles. The summed E-state index contributed by atoms with van der Waals surface area (Å²) in [6.07, 6.45) is 2.21. The summed E-state index contributed by atoms with van der Waals surface area (Å²) < 4.78 is 5.72. The zero-order valence-electron chi connectivity index (χ0n) is 25.6. The topological polar surface area (TPSA) is 67.4 Å². The van der Waals surface area contributed by atoms with E-state index in [1.165, 1.54) is 21.5 Å². The van der Waals surface area contributed by atoms with Crippen LogP contribution in [0.4, 0.5) is 0 Å². The Labute approximate surface area is 257 Å². The standard InChI is InChI=1S/C37H45N2O3P/c1-37(2,3)42-36(41)34(25-16-27-38-29-30-17-8-4-9-18-30)39-35(40)26-28-43(31-19-10-5-11-20-31,32-21-12-6-13-22-32)33-23-14-7-15-24-33/h4-15,17-24,34,38,43H,16,25-29H2,1-3H3,(H,39,40)/t34-/m0/s1. The van der Waals surface area contributed by atoms with Crippen LogP contribution in [0.2, 0.25) is 0 Å². The first kappa shape index (κ1) is 32.1. The first-order valence-electron chi connectivity index (χ1n) is 15.2. The van der Waals surface area contributed by atoms with Crippen molar-refractivity contribution in [3.05, 3.63) is 127 Å². The normalized spacial score (nSPS) is 12.7. The van der Waals surface area contributed by atoms with Gasteiger partial charge in [-0.25, -0.2) is 0 Å². The molecular formula is C37H45N2O3P.